The Bertz CT molecular complexity index is 249. The summed E-state index contributed by atoms with van der Waals surface area (Å²) in [5.41, 5.74) is 5.91. The van der Waals surface area contributed by atoms with Crippen molar-refractivity contribution in [2.75, 3.05) is 19.7 Å². The molecule has 0 aliphatic carbocycles. The van der Waals surface area contributed by atoms with E-state index in [4.69, 9.17) is 10.5 Å². The van der Waals surface area contributed by atoms with E-state index in [1.54, 1.807) is 0 Å². The molecule has 2 rings (SSSR count). The van der Waals surface area contributed by atoms with E-state index in [9.17, 15) is 4.79 Å². The van der Waals surface area contributed by atoms with Crippen LogP contribution in [0.1, 0.15) is 32.6 Å². The number of hydrogen-bond acceptors (Lipinski definition) is 3. The summed E-state index contributed by atoms with van der Waals surface area (Å²) in [4.78, 5) is 14.1. The Labute approximate surface area is 97.1 Å². The smallest absolute Gasteiger partial charge is 0.251 e. The van der Waals surface area contributed by atoms with Crippen LogP contribution >= 0.6 is 0 Å². The number of carbonyl (C=O) groups excluding carboxylic acids is 1. The molecule has 2 saturated heterocycles. The third kappa shape index (κ3) is 2.55. The van der Waals surface area contributed by atoms with Crippen molar-refractivity contribution < 1.29 is 9.53 Å². The maximum absolute atomic E-state index is 12.1. The van der Waals surface area contributed by atoms with E-state index in [-0.39, 0.29) is 18.1 Å². The lowest BCUT2D eigenvalue weighted by Crippen LogP contribution is -2.48. The van der Waals surface area contributed by atoms with Gasteiger partial charge in [-0.15, -0.1) is 0 Å². The van der Waals surface area contributed by atoms with Crippen LogP contribution in [0, 0.1) is 5.92 Å². The number of carbonyl (C=O) groups is 1. The molecule has 0 aromatic heterocycles. The highest BCUT2D eigenvalue weighted by atomic mass is 16.5. The standard InChI is InChI=1S/C12H22N2O2/c1-9(13)10-4-2-6-14(8-10)12(15)11-5-3-7-16-11/h9-11H,2-8,13H2,1H3/t9?,10?,11-/m0/s1. The molecule has 2 unspecified atom stereocenters. The molecule has 0 saturated carbocycles. The molecule has 2 N–H and O–H groups in total. The van der Waals surface area contributed by atoms with Crippen LogP contribution < -0.4 is 5.73 Å². The predicted octanol–water partition coefficient (Wildman–Crippen LogP) is 0.751. The second-order valence-corrected chi connectivity index (χ2v) is 5.05. The second kappa shape index (κ2) is 5.15. The van der Waals surface area contributed by atoms with Gasteiger partial charge in [-0.3, -0.25) is 4.79 Å². The molecule has 2 heterocycles. The monoisotopic (exact) mass is 226 g/mol. The van der Waals surface area contributed by atoms with Gasteiger partial charge < -0.3 is 15.4 Å². The first-order valence-corrected chi connectivity index (χ1v) is 6.34. The molecular weight excluding hydrogens is 204 g/mol. The summed E-state index contributed by atoms with van der Waals surface area (Å²) in [5, 5.41) is 0. The first kappa shape index (κ1) is 11.9. The molecule has 0 bridgehead atoms. The van der Waals surface area contributed by atoms with Gasteiger partial charge in [-0.25, -0.2) is 0 Å². The number of piperidine rings is 1. The van der Waals surface area contributed by atoms with Crippen LogP contribution in [0.4, 0.5) is 0 Å². The predicted molar refractivity (Wildman–Crippen MR) is 61.9 cm³/mol. The van der Waals surface area contributed by atoms with Gasteiger partial charge in [0.25, 0.3) is 5.91 Å². The third-order valence-corrected chi connectivity index (χ3v) is 3.72. The number of nitrogens with zero attached hydrogens (tertiary/aromatic N) is 1. The summed E-state index contributed by atoms with van der Waals surface area (Å²) in [6, 6.07) is 0.181. The zero-order valence-electron chi connectivity index (χ0n) is 10.0. The van der Waals surface area contributed by atoms with Gasteiger partial charge in [-0.2, -0.15) is 0 Å². The minimum Gasteiger partial charge on any atom is -0.368 e. The fourth-order valence-corrected chi connectivity index (χ4v) is 2.62. The van der Waals surface area contributed by atoms with Gasteiger partial charge in [0.05, 0.1) is 0 Å². The van der Waals surface area contributed by atoms with Crippen LogP contribution in [-0.4, -0.2) is 42.6 Å². The largest absolute Gasteiger partial charge is 0.368 e. The number of nitrogens with two attached hydrogens (primary N) is 1. The van der Waals surface area contributed by atoms with E-state index in [1.807, 2.05) is 11.8 Å². The molecule has 0 aromatic carbocycles. The Morgan fingerprint density at radius 1 is 1.44 bits per heavy atom. The molecule has 0 spiro atoms. The van der Waals surface area contributed by atoms with E-state index in [2.05, 4.69) is 0 Å². The molecule has 2 aliphatic heterocycles. The normalized spacial score (nSPS) is 32.8. The average molecular weight is 226 g/mol. The molecule has 3 atom stereocenters. The minimum absolute atomic E-state index is 0.174. The van der Waals surface area contributed by atoms with Gasteiger partial charge in [0, 0.05) is 25.7 Å². The van der Waals surface area contributed by atoms with Crippen molar-refractivity contribution in [3.05, 3.63) is 0 Å². The Morgan fingerprint density at radius 3 is 2.88 bits per heavy atom. The topological polar surface area (TPSA) is 55.6 Å². The molecule has 16 heavy (non-hydrogen) atoms. The van der Waals surface area contributed by atoms with Crippen LogP contribution in [0.5, 0.6) is 0 Å². The summed E-state index contributed by atoms with van der Waals surface area (Å²) in [6.45, 7) is 4.46. The molecular formula is C12H22N2O2. The number of amides is 1. The SMILES string of the molecule is CC(N)C1CCCN(C(=O)[C@@H]2CCCO2)C1. The van der Waals surface area contributed by atoms with Crippen LogP contribution in [0.15, 0.2) is 0 Å². The zero-order chi connectivity index (χ0) is 11.5. The Balaban J connectivity index is 1.90. The molecule has 4 heteroatoms. The van der Waals surface area contributed by atoms with Crippen LogP contribution in [0.25, 0.3) is 0 Å². The lowest BCUT2D eigenvalue weighted by atomic mass is 9.92. The quantitative estimate of drug-likeness (QED) is 0.756. The summed E-state index contributed by atoms with van der Waals surface area (Å²) in [6.07, 6.45) is 3.95. The number of likely N-dealkylation sites (tertiary alicyclic amines) is 1. The highest BCUT2D eigenvalue weighted by Gasteiger charge is 2.32. The molecule has 1 amide bonds. The third-order valence-electron chi connectivity index (χ3n) is 3.72. The molecule has 0 aromatic rings. The maximum Gasteiger partial charge on any atom is 0.251 e. The van der Waals surface area contributed by atoms with Gasteiger partial charge in [-0.05, 0) is 38.5 Å². The van der Waals surface area contributed by atoms with Crippen LogP contribution in [0.3, 0.4) is 0 Å². The Kier molecular flexibility index (Phi) is 3.82. The first-order chi connectivity index (χ1) is 7.68. The molecule has 0 radical (unpaired) electrons. The highest BCUT2D eigenvalue weighted by Crippen LogP contribution is 2.22. The van der Waals surface area contributed by atoms with Crippen molar-refractivity contribution in [1.29, 1.82) is 0 Å². The number of hydrogen-bond donors (Lipinski definition) is 1. The van der Waals surface area contributed by atoms with E-state index in [0.717, 1.165) is 45.4 Å². The van der Waals surface area contributed by atoms with E-state index >= 15 is 0 Å². The van der Waals surface area contributed by atoms with Crippen molar-refractivity contribution in [1.82, 2.24) is 4.90 Å². The summed E-state index contributed by atoms with van der Waals surface area (Å²) >= 11 is 0. The highest BCUT2D eigenvalue weighted by molar-refractivity contribution is 5.81. The van der Waals surface area contributed by atoms with E-state index in [0.29, 0.717) is 5.92 Å². The molecule has 92 valence electrons. The average Bonchev–Trinajstić information content (AvgIpc) is 2.81. The van der Waals surface area contributed by atoms with Gasteiger partial charge in [0.15, 0.2) is 0 Å². The molecule has 4 nitrogen and oxygen atoms in total. The van der Waals surface area contributed by atoms with Crippen LogP contribution in [0.2, 0.25) is 0 Å². The Hall–Kier alpha value is -0.610. The summed E-state index contributed by atoms with van der Waals surface area (Å²) in [7, 11) is 0. The lowest BCUT2D eigenvalue weighted by molar-refractivity contribution is -0.142. The Morgan fingerprint density at radius 2 is 2.25 bits per heavy atom. The number of rotatable bonds is 2. The fraction of sp³-hybridized carbons (Fsp3) is 0.917. The molecule has 2 aliphatic rings. The lowest BCUT2D eigenvalue weighted by Gasteiger charge is -2.35. The summed E-state index contributed by atoms with van der Waals surface area (Å²) in [5.74, 6) is 0.641. The fourth-order valence-electron chi connectivity index (χ4n) is 2.62. The maximum atomic E-state index is 12.1. The van der Waals surface area contributed by atoms with Crippen molar-refractivity contribution in [3.63, 3.8) is 0 Å². The van der Waals surface area contributed by atoms with Gasteiger partial charge >= 0.3 is 0 Å². The second-order valence-electron chi connectivity index (χ2n) is 5.05. The molecule has 2 fully saturated rings. The van der Waals surface area contributed by atoms with Crippen LogP contribution in [-0.2, 0) is 9.53 Å². The van der Waals surface area contributed by atoms with Gasteiger partial charge in [0.1, 0.15) is 6.10 Å². The van der Waals surface area contributed by atoms with Gasteiger partial charge in [-0.1, -0.05) is 0 Å². The van der Waals surface area contributed by atoms with E-state index in [1.165, 1.54) is 0 Å². The van der Waals surface area contributed by atoms with Crippen molar-refractivity contribution in [2.45, 2.75) is 44.8 Å². The van der Waals surface area contributed by atoms with Crippen molar-refractivity contribution in [3.8, 4) is 0 Å². The van der Waals surface area contributed by atoms with E-state index < -0.39 is 0 Å². The number of ether oxygens (including phenoxy) is 1. The van der Waals surface area contributed by atoms with Crippen molar-refractivity contribution in [2.24, 2.45) is 11.7 Å². The minimum atomic E-state index is -0.174. The first-order valence-electron chi connectivity index (χ1n) is 6.34. The van der Waals surface area contributed by atoms with Gasteiger partial charge in [0.2, 0.25) is 0 Å². The van der Waals surface area contributed by atoms with Crippen molar-refractivity contribution >= 4 is 5.91 Å². The summed E-state index contributed by atoms with van der Waals surface area (Å²) < 4.78 is 5.44. The zero-order valence-corrected chi connectivity index (χ0v) is 10.0.